The van der Waals surface area contributed by atoms with E-state index in [1.165, 1.54) is 0 Å². The number of hydrogen-bond acceptors (Lipinski definition) is 4. The average Bonchev–Trinajstić information content (AvgIpc) is 3.30. The Morgan fingerprint density at radius 3 is 2.32 bits per heavy atom. The van der Waals surface area contributed by atoms with Gasteiger partial charge < -0.3 is 20.3 Å². The van der Waals surface area contributed by atoms with Crippen LogP contribution in [0.2, 0.25) is 0 Å². The third kappa shape index (κ3) is 9.61. The van der Waals surface area contributed by atoms with Crippen molar-refractivity contribution < 1.29 is 9.90 Å². The molecule has 4 rings (SSSR count). The first-order chi connectivity index (χ1) is 17.1. The first kappa shape index (κ1) is 30.5. The van der Waals surface area contributed by atoms with Gasteiger partial charge in [-0.1, -0.05) is 70.5 Å². The van der Waals surface area contributed by atoms with Gasteiger partial charge >= 0.3 is 0 Å². The van der Waals surface area contributed by atoms with Crippen LogP contribution in [-0.4, -0.2) is 33.7 Å². The van der Waals surface area contributed by atoms with Gasteiger partial charge in [0.2, 0.25) is 5.91 Å². The van der Waals surface area contributed by atoms with Crippen LogP contribution in [0.25, 0.3) is 0 Å². The molecule has 1 unspecified atom stereocenters. The number of halogens is 3. The molecule has 0 saturated carbocycles. The van der Waals surface area contributed by atoms with E-state index >= 15 is 0 Å². The molecule has 1 atom stereocenters. The number of aliphatic hydroxyl groups excluding tert-OH is 1. The number of hydrogen-bond donors (Lipinski definition) is 3. The number of nitrogens with one attached hydrogen (secondary N) is 2. The molecule has 196 valence electrons. The minimum Gasteiger partial charge on any atom is -0.387 e. The van der Waals surface area contributed by atoms with Gasteiger partial charge in [-0.25, -0.2) is 4.98 Å². The maximum Gasteiger partial charge on any atom is 0.231 e. The summed E-state index contributed by atoms with van der Waals surface area (Å²) in [6.07, 6.45) is 4.15. The average molecular weight is 606 g/mol. The number of imidazole rings is 1. The highest BCUT2D eigenvalue weighted by atomic mass is 79.9. The lowest BCUT2D eigenvalue weighted by atomic mass is 10.1. The highest BCUT2D eigenvalue weighted by Crippen LogP contribution is 2.14. The Kier molecular flexibility index (Phi) is 12.8. The number of anilines is 1. The first-order valence-corrected chi connectivity index (χ1v) is 12.4. The van der Waals surface area contributed by atoms with Crippen molar-refractivity contribution in [1.82, 2.24) is 14.9 Å². The van der Waals surface area contributed by atoms with Gasteiger partial charge in [-0.2, -0.15) is 0 Å². The van der Waals surface area contributed by atoms with Crippen molar-refractivity contribution in [3.8, 4) is 0 Å². The molecule has 0 radical (unpaired) electrons. The van der Waals surface area contributed by atoms with Gasteiger partial charge in [0, 0.05) is 35.6 Å². The topological polar surface area (TPSA) is 79.2 Å². The van der Waals surface area contributed by atoms with E-state index in [1.807, 2.05) is 77.5 Å². The van der Waals surface area contributed by atoms with E-state index in [0.29, 0.717) is 13.1 Å². The molecule has 0 aliphatic rings. The van der Waals surface area contributed by atoms with Gasteiger partial charge in [0.15, 0.2) is 0 Å². The van der Waals surface area contributed by atoms with E-state index in [0.717, 1.165) is 45.6 Å². The van der Waals surface area contributed by atoms with Gasteiger partial charge in [-0.15, -0.1) is 24.8 Å². The van der Waals surface area contributed by atoms with Crippen molar-refractivity contribution in [3.63, 3.8) is 0 Å². The molecule has 0 fully saturated rings. The summed E-state index contributed by atoms with van der Waals surface area (Å²) < 4.78 is 3.03. The smallest absolute Gasteiger partial charge is 0.231 e. The number of carbonyl (C=O) groups is 1. The lowest BCUT2D eigenvalue weighted by Gasteiger charge is -2.12. The van der Waals surface area contributed by atoms with Gasteiger partial charge in [0.1, 0.15) is 5.82 Å². The van der Waals surface area contributed by atoms with E-state index in [9.17, 15) is 9.90 Å². The van der Waals surface area contributed by atoms with Crippen LogP contribution in [0, 0.1) is 0 Å². The standard InChI is InChI=1S/C28H29BrN4O2.2ClH/c29-24-10-6-22(7-11-24)20-33-17-16-31-27(33)18-28(35)32-25-12-8-21(9-13-25)14-15-30-19-26(34)23-4-2-1-3-5-23;;/h1-13,16-17,26,30,34H,14-15,18-20H2,(H,32,35);2*1H. The maximum absolute atomic E-state index is 12.6. The number of benzene rings is 3. The summed E-state index contributed by atoms with van der Waals surface area (Å²) in [5.41, 5.74) is 3.98. The number of aliphatic hydroxyl groups is 1. The predicted octanol–water partition coefficient (Wildman–Crippen LogP) is 5.58. The highest BCUT2D eigenvalue weighted by Gasteiger charge is 2.10. The summed E-state index contributed by atoms with van der Waals surface area (Å²) in [6, 6.07) is 25.6. The second-order valence-electron chi connectivity index (χ2n) is 8.40. The second kappa shape index (κ2) is 15.5. The van der Waals surface area contributed by atoms with E-state index in [1.54, 1.807) is 6.20 Å². The van der Waals surface area contributed by atoms with Gasteiger partial charge in [0.25, 0.3) is 0 Å². The largest absolute Gasteiger partial charge is 0.387 e. The summed E-state index contributed by atoms with van der Waals surface area (Å²) in [5, 5.41) is 16.5. The third-order valence-corrected chi connectivity index (χ3v) is 6.27. The minimum absolute atomic E-state index is 0. The zero-order valence-corrected chi connectivity index (χ0v) is 23.4. The molecule has 0 spiro atoms. The molecule has 0 aliphatic carbocycles. The summed E-state index contributed by atoms with van der Waals surface area (Å²) in [7, 11) is 0. The quantitative estimate of drug-likeness (QED) is 0.195. The fourth-order valence-electron chi connectivity index (χ4n) is 3.81. The number of carbonyl (C=O) groups excluding carboxylic acids is 1. The van der Waals surface area contributed by atoms with E-state index in [-0.39, 0.29) is 37.1 Å². The monoisotopic (exact) mass is 604 g/mol. The van der Waals surface area contributed by atoms with E-state index < -0.39 is 6.10 Å². The Balaban J connectivity index is 0.00000241. The molecule has 4 aromatic rings. The fraction of sp³-hybridized carbons (Fsp3) is 0.214. The molecule has 1 heterocycles. The van der Waals surface area contributed by atoms with Crippen molar-refractivity contribution >= 4 is 52.3 Å². The van der Waals surface area contributed by atoms with Crippen LogP contribution in [0.3, 0.4) is 0 Å². The van der Waals surface area contributed by atoms with Crippen molar-refractivity contribution in [2.45, 2.75) is 25.5 Å². The van der Waals surface area contributed by atoms with Crippen molar-refractivity contribution in [2.75, 3.05) is 18.4 Å². The molecule has 3 aromatic carbocycles. The zero-order chi connectivity index (χ0) is 24.5. The summed E-state index contributed by atoms with van der Waals surface area (Å²) in [5.74, 6) is 0.628. The highest BCUT2D eigenvalue weighted by molar-refractivity contribution is 9.10. The van der Waals surface area contributed by atoms with Crippen LogP contribution >= 0.6 is 40.7 Å². The van der Waals surface area contributed by atoms with Crippen LogP contribution in [0.5, 0.6) is 0 Å². The predicted molar refractivity (Wildman–Crippen MR) is 157 cm³/mol. The second-order valence-corrected chi connectivity index (χ2v) is 9.32. The SMILES string of the molecule is Cl.Cl.O=C(Cc1nccn1Cc1ccc(Br)cc1)Nc1ccc(CCNCC(O)c2ccccc2)cc1. The van der Waals surface area contributed by atoms with Crippen LogP contribution in [0.15, 0.2) is 95.7 Å². The third-order valence-electron chi connectivity index (χ3n) is 5.74. The molecule has 9 heteroatoms. The fourth-order valence-corrected chi connectivity index (χ4v) is 4.07. The molecular formula is C28H31BrCl2N4O2. The molecule has 3 N–H and O–H groups in total. The molecule has 0 bridgehead atoms. The molecule has 1 amide bonds. The van der Waals surface area contributed by atoms with Crippen LogP contribution in [-0.2, 0) is 24.2 Å². The normalized spacial score (nSPS) is 11.2. The molecular weight excluding hydrogens is 575 g/mol. The Hall–Kier alpha value is -2.68. The summed E-state index contributed by atoms with van der Waals surface area (Å²) in [4.78, 5) is 17.0. The van der Waals surface area contributed by atoms with E-state index in [2.05, 4.69) is 43.7 Å². The molecule has 6 nitrogen and oxygen atoms in total. The minimum atomic E-state index is -0.515. The Labute approximate surface area is 238 Å². The number of aromatic nitrogens is 2. The van der Waals surface area contributed by atoms with Crippen LogP contribution in [0.4, 0.5) is 5.69 Å². The Bertz CT molecular complexity index is 1220. The Morgan fingerprint density at radius 1 is 0.946 bits per heavy atom. The first-order valence-electron chi connectivity index (χ1n) is 11.6. The van der Waals surface area contributed by atoms with Gasteiger partial charge in [-0.05, 0) is 53.9 Å². The Morgan fingerprint density at radius 2 is 1.62 bits per heavy atom. The maximum atomic E-state index is 12.6. The molecule has 37 heavy (non-hydrogen) atoms. The van der Waals surface area contributed by atoms with Gasteiger partial charge in [-0.3, -0.25) is 4.79 Å². The summed E-state index contributed by atoms with van der Waals surface area (Å²) >= 11 is 3.45. The molecule has 0 saturated heterocycles. The number of rotatable bonds is 11. The van der Waals surface area contributed by atoms with Crippen molar-refractivity contribution in [1.29, 1.82) is 0 Å². The van der Waals surface area contributed by atoms with Gasteiger partial charge in [0.05, 0.1) is 12.5 Å². The van der Waals surface area contributed by atoms with E-state index in [4.69, 9.17) is 0 Å². The lowest BCUT2D eigenvalue weighted by Crippen LogP contribution is -2.23. The van der Waals surface area contributed by atoms with Crippen molar-refractivity contribution in [3.05, 3.63) is 118 Å². The zero-order valence-electron chi connectivity index (χ0n) is 20.2. The number of amides is 1. The summed E-state index contributed by atoms with van der Waals surface area (Å²) in [6.45, 7) is 1.94. The van der Waals surface area contributed by atoms with Crippen molar-refractivity contribution in [2.24, 2.45) is 0 Å². The number of nitrogens with zero attached hydrogens (tertiary/aromatic N) is 2. The van der Waals surface area contributed by atoms with Crippen LogP contribution < -0.4 is 10.6 Å². The van der Waals surface area contributed by atoms with Crippen LogP contribution in [0.1, 0.15) is 28.6 Å². The lowest BCUT2D eigenvalue weighted by molar-refractivity contribution is -0.115. The molecule has 1 aromatic heterocycles. The molecule has 0 aliphatic heterocycles.